The fraction of sp³-hybridized carbons (Fsp3) is 0.238. The van der Waals surface area contributed by atoms with Gasteiger partial charge in [-0.05, 0) is 43.8 Å². The van der Waals surface area contributed by atoms with E-state index in [2.05, 4.69) is 20.2 Å². The largest absolute Gasteiger partial charge is 0.416 e. The maximum atomic E-state index is 12.9. The Balaban J connectivity index is 1.44. The van der Waals surface area contributed by atoms with Crippen LogP contribution in [0.3, 0.4) is 0 Å². The van der Waals surface area contributed by atoms with Gasteiger partial charge >= 0.3 is 6.18 Å². The number of hydrogen-bond donors (Lipinski definition) is 0. The molecule has 0 spiro atoms. The second kappa shape index (κ2) is 8.31. The number of hydrogen-bond acceptors (Lipinski definition) is 6. The Morgan fingerprint density at radius 2 is 1.90 bits per heavy atom. The Morgan fingerprint density at radius 3 is 2.58 bits per heavy atom. The van der Waals surface area contributed by atoms with E-state index in [0.29, 0.717) is 12.4 Å². The molecule has 7 nitrogen and oxygen atoms in total. The molecule has 0 saturated heterocycles. The van der Waals surface area contributed by atoms with Gasteiger partial charge in [-0.2, -0.15) is 23.3 Å². The Hall–Kier alpha value is -3.53. The third-order valence-electron chi connectivity index (χ3n) is 5.02. The first-order valence-corrected chi connectivity index (χ1v) is 9.46. The van der Waals surface area contributed by atoms with E-state index in [0.717, 1.165) is 23.4 Å². The minimum Gasteiger partial charge on any atom is -0.338 e. The van der Waals surface area contributed by atoms with E-state index < -0.39 is 11.7 Å². The first-order valence-electron chi connectivity index (χ1n) is 9.46. The van der Waals surface area contributed by atoms with Gasteiger partial charge in [0.25, 0.3) is 0 Å². The Bertz CT molecular complexity index is 1140. The van der Waals surface area contributed by atoms with Crippen LogP contribution in [0.15, 0.2) is 65.7 Å². The number of halogens is 3. The lowest BCUT2D eigenvalue weighted by molar-refractivity contribution is -0.137. The van der Waals surface area contributed by atoms with Crippen LogP contribution in [-0.4, -0.2) is 36.9 Å². The van der Waals surface area contributed by atoms with Crippen LogP contribution in [0, 0.1) is 0 Å². The summed E-state index contributed by atoms with van der Waals surface area (Å²) in [6.45, 7) is 2.38. The number of aromatic nitrogens is 5. The van der Waals surface area contributed by atoms with Crippen molar-refractivity contribution in [3.8, 4) is 17.1 Å². The molecule has 0 amide bonds. The molecule has 2 aromatic carbocycles. The highest BCUT2D eigenvalue weighted by Crippen LogP contribution is 2.31. The van der Waals surface area contributed by atoms with E-state index in [1.165, 1.54) is 18.5 Å². The topological polar surface area (TPSA) is 72.9 Å². The van der Waals surface area contributed by atoms with Crippen molar-refractivity contribution in [1.29, 1.82) is 0 Å². The first-order chi connectivity index (χ1) is 14.8. The minimum absolute atomic E-state index is 0.0358. The van der Waals surface area contributed by atoms with Crippen LogP contribution in [-0.2, 0) is 12.7 Å². The fourth-order valence-corrected chi connectivity index (χ4v) is 3.12. The number of alkyl halides is 3. The van der Waals surface area contributed by atoms with Crippen LogP contribution in [0.25, 0.3) is 17.1 Å². The van der Waals surface area contributed by atoms with Gasteiger partial charge < -0.3 is 4.52 Å². The summed E-state index contributed by atoms with van der Waals surface area (Å²) in [6, 6.07) is 12.8. The third-order valence-corrected chi connectivity index (χ3v) is 5.02. The summed E-state index contributed by atoms with van der Waals surface area (Å²) in [6.07, 6.45) is -1.33. The highest BCUT2D eigenvalue weighted by molar-refractivity contribution is 5.55. The molecule has 0 aliphatic heterocycles. The molecule has 4 rings (SSSR count). The number of benzene rings is 2. The molecule has 160 valence electrons. The van der Waals surface area contributed by atoms with Gasteiger partial charge in [-0.1, -0.05) is 29.4 Å². The fourth-order valence-electron chi connectivity index (χ4n) is 3.12. The molecule has 1 atom stereocenters. The van der Waals surface area contributed by atoms with Gasteiger partial charge in [0, 0.05) is 11.6 Å². The van der Waals surface area contributed by atoms with E-state index >= 15 is 0 Å². The maximum absolute atomic E-state index is 12.9. The SMILES string of the molecule is CC(c1ccc(-n2cncn2)cc1)N(C)Cc1nc(-c2cccc(C(F)(F)F)c2)no1. The molecule has 0 saturated carbocycles. The van der Waals surface area contributed by atoms with Crippen LogP contribution < -0.4 is 0 Å². The molecule has 1 unspecified atom stereocenters. The first kappa shape index (κ1) is 20.7. The molecule has 4 aromatic rings. The van der Waals surface area contributed by atoms with Crippen molar-refractivity contribution in [2.24, 2.45) is 0 Å². The van der Waals surface area contributed by atoms with Gasteiger partial charge in [0.15, 0.2) is 0 Å². The number of nitrogens with zero attached hydrogens (tertiary/aromatic N) is 6. The van der Waals surface area contributed by atoms with Gasteiger partial charge in [0.2, 0.25) is 11.7 Å². The molecule has 2 heterocycles. The molecule has 0 radical (unpaired) electrons. The second-order valence-electron chi connectivity index (χ2n) is 7.11. The van der Waals surface area contributed by atoms with Crippen molar-refractivity contribution in [3.63, 3.8) is 0 Å². The zero-order chi connectivity index (χ0) is 22.0. The van der Waals surface area contributed by atoms with E-state index in [1.54, 1.807) is 11.0 Å². The third kappa shape index (κ3) is 4.64. The highest BCUT2D eigenvalue weighted by Gasteiger charge is 2.30. The van der Waals surface area contributed by atoms with Crippen LogP contribution in [0.2, 0.25) is 0 Å². The number of rotatable bonds is 6. The predicted molar refractivity (Wildman–Crippen MR) is 106 cm³/mol. The predicted octanol–water partition coefficient (Wildman–Crippen LogP) is 4.53. The van der Waals surface area contributed by atoms with Crippen molar-refractivity contribution in [2.75, 3.05) is 7.05 Å². The van der Waals surface area contributed by atoms with Crippen molar-refractivity contribution < 1.29 is 17.7 Å². The van der Waals surface area contributed by atoms with Crippen molar-refractivity contribution in [1.82, 2.24) is 29.8 Å². The Morgan fingerprint density at radius 1 is 1.13 bits per heavy atom. The minimum atomic E-state index is -4.43. The highest BCUT2D eigenvalue weighted by atomic mass is 19.4. The van der Waals surface area contributed by atoms with Crippen molar-refractivity contribution in [2.45, 2.75) is 25.7 Å². The smallest absolute Gasteiger partial charge is 0.338 e. The summed E-state index contributed by atoms with van der Waals surface area (Å²) in [4.78, 5) is 10.2. The molecule has 10 heteroatoms. The van der Waals surface area contributed by atoms with E-state index in [9.17, 15) is 13.2 Å². The lowest BCUT2D eigenvalue weighted by atomic mass is 10.1. The summed E-state index contributed by atoms with van der Waals surface area (Å²) in [7, 11) is 1.91. The molecule has 0 aliphatic rings. The molecular weight excluding hydrogens is 409 g/mol. The van der Waals surface area contributed by atoms with E-state index in [1.807, 2.05) is 43.1 Å². The molecule has 2 aromatic heterocycles. The summed E-state index contributed by atoms with van der Waals surface area (Å²) in [5.41, 5.74) is 1.48. The lowest BCUT2D eigenvalue weighted by Gasteiger charge is -2.23. The average molecular weight is 428 g/mol. The van der Waals surface area contributed by atoms with Crippen LogP contribution in [0.4, 0.5) is 13.2 Å². The summed E-state index contributed by atoms with van der Waals surface area (Å²) < 4.78 is 45.7. The molecule has 0 N–H and O–H groups in total. The van der Waals surface area contributed by atoms with Crippen LogP contribution in [0.5, 0.6) is 0 Å². The van der Waals surface area contributed by atoms with Gasteiger partial charge in [-0.3, -0.25) is 4.90 Å². The lowest BCUT2D eigenvalue weighted by Crippen LogP contribution is -2.22. The van der Waals surface area contributed by atoms with Crippen molar-refractivity contribution in [3.05, 3.63) is 78.2 Å². The zero-order valence-corrected chi connectivity index (χ0v) is 16.8. The van der Waals surface area contributed by atoms with Gasteiger partial charge in [0.1, 0.15) is 12.7 Å². The quantitative estimate of drug-likeness (QED) is 0.449. The Labute approximate surface area is 176 Å². The van der Waals surface area contributed by atoms with Crippen molar-refractivity contribution >= 4 is 0 Å². The summed E-state index contributed by atoms with van der Waals surface area (Å²) in [5.74, 6) is 0.445. The van der Waals surface area contributed by atoms with Gasteiger partial charge in [-0.25, -0.2) is 9.67 Å². The van der Waals surface area contributed by atoms with E-state index in [4.69, 9.17) is 4.52 Å². The zero-order valence-electron chi connectivity index (χ0n) is 16.8. The molecule has 0 fully saturated rings. The summed E-state index contributed by atoms with van der Waals surface area (Å²) >= 11 is 0. The average Bonchev–Trinajstić information content (AvgIpc) is 3.45. The van der Waals surface area contributed by atoms with Crippen LogP contribution in [0.1, 0.15) is 30.0 Å². The summed E-state index contributed by atoms with van der Waals surface area (Å²) in [5, 5.41) is 7.94. The monoisotopic (exact) mass is 428 g/mol. The molecule has 0 bridgehead atoms. The molecule has 0 aliphatic carbocycles. The van der Waals surface area contributed by atoms with E-state index in [-0.39, 0.29) is 17.4 Å². The second-order valence-corrected chi connectivity index (χ2v) is 7.11. The molecular formula is C21H19F3N6O. The molecule has 31 heavy (non-hydrogen) atoms. The normalized spacial score (nSPS) is 13.0. The maximum Gasteiger partial charge on any atom is 0.416 e. The van der Waals surface area contributed by atoms with Gasteiger partial charge in [-0.15, -0.1) is 0 Å². The van der Waals surface area contributed by atoms with Crippen LogP contribution >= 0.6 is 0 Å². The standard InChI is InChI=1S/C21H19F3N6O/c1-14(15-6-8-18(9-7-15)30-13-25-12-26-30)29(2)11-19-27-20(28-31-19)16-4-3-5-17(10-16)21(22,23)24/h3-10,12-14H,11H2,1-2H3. The Kier molecular flexibility index (Phi) is 5.55. The van der Waals surface area contributed by atoms with Gasteiger partial charge in [0.05, 0.1) is 17.8 Å².